The number of carbonyl (C=O) groups is 2. The van der Waals surface area contributed by atoms with Crippen molar-refractivity contribution in [3.63, 3.8) is 0 Å². The third-order valence-electron chi connectivity index (χ3n) is 4.92. The molecule has 0 radical (unpaired) electrons. The number of benzene rings is 1. The zero-order valence-corrected chi connectivity index (χ0v) is 22.4. The molecule has 190 valence electrons. The van der Waals surface area contributed by atoms with Crippen molar-refractivity contribution in [2.24, 2.45) is 5.92 Å². The van der Waals surface area contributed by atoms with Gasteiger partial charge in [-0.1, -0.05) is 43.2 Å². The first-order chi connectivity index (χ1) is 15.6. The summed E-state index contributed by atoms with van der Waals surface area (Å²) >= 11 is 0. The van der Waals surface area contributed by atoms with Gasteiger partial charge in [0.1, 0.15) is 11.6 Å². The number of nitrogens with zero attached hydrogens (tertiary/aromatic N) is 2. The molecule has 0 bridgehead atoms. The van der Waals surface area contributed by atoms with Crippen molar-refractivity contribution in [3.8, 4) is 0 Å². The van der Waals surface area contributed by atoms with E-state index in [2.05, 4.69) is 13.2 Å². The molecule has 0 N–H and O–H groups in total. The van der Waals surface area contributed by atoms with Crippen LogP contribution in [0.15, 0.2) is 54.0 Å². The second-order valence-electron chi connectivity index (χ2n) is 10.0. The van der Waals surface area contributed by atoms with Crippen LogP contribution in [-0.2, 0) is 19.6 Å². The predicted molar refractivity (Wildman–Crippen MR) is 136 cm³/mol. The van der Waals surface area contributed by atoms with Crippen LogP contribution in [0, 0.1) is 12.8 Å². The summed E-state index contributed by atoms with van der Waals surface area (Å²) < 4.78 is 34.1. The molecule has 2 amide bonds. The zero-order chi connectivity index (χ0) is 26.3. The van der Waals surface area contributed by atoms with E-state index in [9.17, 15) is 18.0 Å². The summed E-state index contributed by atoms with van der Waals surface area (Å²) in [5.74, 6) is -0.469. The molecule has 0 fully saturated rings. The predicted octanol–water partition coefficient (Wildman–Crippen LogP) is 5.32. The molecule has 1 rings (SSSR count). The maximum Gasteiger partial charge on any atom is 0.417 e. The van der Waals surface area contributed by atoms with Crippen LogP contribution in [0.25, 0.3) is 0 Å². The van der Waals surface area contributed by atoms with E-state index >= 15 is 0 Å². The maximum absolute atomic E-state index is 13.8. The van der Waals surface area contributed by atoms with Crippen molar-refractivity contribution >= 4 is 22.0 Å². The molecule has 1 aromatic rings. The van der Waals surface area contributed by atoms with Crippen LogP contribution in [0.4, 0.5) is 4.79 Å². The molecule has 0 aromatic heterocycles. The van der Waals surface area contributed by atoms with Crippen LogP contribution in [-0.4, -0.2) is 54.4 Å². The summed E-state index contributed by atoms with van der Waals surface area (Å²) in [4.78, 5) is 27.6. The number of ether oxygens (including phenoxy) is 1. The maximum atomic E-state index is 13.8. The number of sulfonamides is 1. The van der Waals surface area contributed by atoms with E-state index in [0.29, 0.717) is 12.0 Å². The van der Waals surface area contributed by atoms with Gasteiger partial charge in [-0.2, -0.15) is 4.31 Å². The second-order valence-corrected chi connectivity index (χ2v) is 11.9. The average molecular weight is 493 g/mol. The lowest BCUT2D eigenvalue weighted by Gasteiger charge is -2.34. The molecule has 1 atom stereocenters. The lowest BCUT2D eigenvalue weighted by molar-refractivity contribution is -0.134. The van der Waals surface area contributed by atoms with Crippen molar-refractivity contribution in [3.05, 3.63) is 54.6 Å². The highest BCUT2D eigenvalue weighted by atomic mass is 32.2. The van der Waals surface area contributed by atoms with E-state index in [1.165, 1.54) is 22.5 Å². The normalized spacial score (nSPS) is 13.0. The fourth-order valence-electron chi connectivity index (χ4n) is 3.20. The molecular weight excluding hydrogens is 452 g/mol. The second kappa shape index (κ2) is 12.3. The van der Waals surface area contributed by atoms with E-state index in [4.69, 9.17) is 4.74 Å². The van der Waals surface area contributed by atoms with E-state index in [1.807, 2.05) is 20.8 Å². The Bertz CT molecular complexity index is 975. The number of rotatable bonds is 11. The van der Waals surface area contributed by atoms with Gasteiger partial charge < -0.3 is 4.74 Å². The lowest BCUT2D eigenvalue weighted by atomic mass is 10.1. The molecule has 0 heterocycles. The molecule has 1 aromatic carbocycles. The van der Waals surface area contributed by atoms with Gasteiger partial charge in [0.15, 0.2) is 0 Å². The van der Waals surface area contributed by atoms with Crippen molar-refractivity contribution in [2.75, 3.05) is 13.1 Å². The molecule has 0 spiro atoms. The monoisotopic (exact) mass is 492 g/mol. The minimum absolute atomic E-state index is 0.0679. The van der Waals surface area contributed by atoms with Gasteiger partial charge >= 0.3 is 6.09 Å². The van der Waals surface area contributed by atoms with Gasteiger partial charge in [0.2, 0.25) is 10.0 Å². The molecule has 7 nitrogen and oxygen atoms in total. The Morgan fingerprint density at radius 2 is 1.71 bits per heavy atom. The molecular formula is C26H40N2O5S. The Kier molecular flexibility index (Phi) is 10.7. The minimum Gasteiger partial charge on any atom is -0.443 e. The summed E-state index contributed by atoms with van der Waals surface area (Å²) in [6, 6.07) is 5.34. The number of aryl methyl sites for hydroxylation is 1. The van der Waals surface area contributed by atoms with Gasteiger partial charge in [-0.15, -0.1) is 13.2 Å². The highest BCUT2D eigenvalue weighted by Gasteiger charge is 2.40. The van der Waals surface area contributed by atoms with E-state index in [1.54, 1.807) is 39.8 Å². The van der Waals surface area contributed by atoms with Crippen molar-refractivity contribution in [1.82, 2.24) is 9.21 Å². The van der Waals surface area contributed by atoms with Gasteiger partial charge in [0.05, 0.1) is 4.90 Å². The first kappa shape index (κ1) is 29.6. The van der Waals surface area contributed by atoms with Crippen LogP contribution < -0.4 is 0 Å². The van der Waals surface area contributed by atoms with Crippen molar-refractivity contribution in [2.45, 2.75) is 77.8 Å². The lowest BCUT2D eigenvalue weighted by Crippen LogP contribution is -2.53. The molecule has 0 aliphatic carbocycles. The van der Waals surface area contributed by atoms with E-state index in [0.717, 1.165) is 10.5 Å². The number of hydrogen-bond donors (Lipinski definition) is 0. The Labute approximate surface area is 205 Å². The van der Waals surface area contributed by atoms with Crippen LogP contribution in [0.1, 0.15) is 59.9 Å². The fourth-order valence-corrected chi connectivity index (χ4v) is 4.79. The van der Waals surface area contributed by atoms with Gasteiger partial charge in [-0.25, -0.2) is 18.1 Å². The topological polar surface area (TPSA) is 84.0 Å². The molecule has 8 heteroatoms. The van der Waals surface area contributed by atoms with Crippen molar-refractivity contribution < 1.29 is 22.7 Å². The first-order valence-electron chi connectivity index (χ1n) is 11.5. The van der Waals surface area contributed by atoms with Crippen LogP contribution in [0.2, 0.25) is 0 Å². The molecule has 0 aliphatic rings. The SMILES string of the molecule is C=CCN(C(=O)OC(C)(C)C)C(=O)[C@H](CC(=C)C)N(CCC(C)C)S(=O)(=O)c1ccc(C)cc1. The fraction of sp³-hybridized carbons (Fsp3) is 0.538. The molecule has 0 unspecified atom stereocenters. The number of imide groups is 1. The minimum atomic E-state index is -4.05. The molecule has 0 saturated carbocycles. The van der Waals surface area contributed by atoms with Gasteiger partial charge in [-0.3, -0.25) is 4.79 Å². The quantitative estimate of drug-likeness (QED) is 0.391. The van der Waals surface area contributed by atoms with Gasteiger partial charge in [-0.05, 0) is 65.5 Å². The average Bonchev–Trinajstić information content (AvgIpc) is 2.69. The zero-order valence-electron chi connectivity index (χ0n) is 21.6. The Morgan fingerprint density at radius 3 is 2.15 bits per heavy atom. The van der Waals surface area contributed by atoms with E-state index in [-0.39, 0.29) is 30.3 Å². The Hall–Kier alpha value is -2.45. The Balaban J connectivity index is 3.58. The van der Waals surface area contributed by atoms with Crippen LogP contribution >= 0.6 is 0 Å². The van der Waals surface area contributed by atoms with Gasteiger partial charge in [0.25, 0.3) is 5.91 Å². The first-order valence-corrected chi connectivity index (χ1v) is 12.9. The summed E-state index contributed by atoms with van der Waals surface area (Å²) in [7, 11) is -4.05. The highest BCUT2D eigenvalue weighted by Crippen LogP contribution is 2.25. The summed E-state index contributed by atoms with van der Waals surface area (Å²) in [5, 5.41) is 0. The third-order valence-corrected chi connectivity index (χ3v) is 6.84. The van der Waals surface area contributed by atoms with Crippen molar-refractivity contribution in [1.29, 1.82) is 0 Å². The Morgan fingerprint density at radius 1 is 1.15 bits per heavy atom. The summed E-state index contributed by atoms with van der Waals surface area (Å²) in [6.07, 6.45) is 1.17. The molecule has 34 heavy (non-hydrogen) atoms. The van der Waals surface area contributed by atoms with Gasteiger partial charge in [0, 0.05) is 13.1 Å². The number of amides is 2. The van der Waals surface area contributed by atoms with Crippen LogP contribution in [0.5, 0.6) is 0 Å². The number of hydrogen-bond acceptors (Lipinski definition) is 5. The highest BCUT2D eigenvalue weighted by molar-refractivity contribution is 7.89. The van der Waals surface area contributed by atoms with Crippen LogP contribution in [0.3, 0.4) is 0 Å². The smallest absolute Gasteiger partial charge is 0.417 e. The summed E-state index contributed by atoms with van der Waals surface area (Å²) in [6.45, 7) is 20.2. The largest absolute Gasteiger partial charge is 0.443 e. The molecule has 0 aliphatic heterocycles. The molecule has 0 saturated heterocycles. The third kappa shape index (κ3) is 8.72. The summed E-state index contributed by atoms with van der Waals surface area (Å²) in [5.41, 5.74) is 0.713. The number of carbonyl (C=O) groups excluding carboxylic acids is 2. The van der Waals surface area contributed by atoms with E-state index < -0.39 is 33.7 Å². The standard InChI is InChI=1S/C26H40N2O5S/c1-10-16-27(25(30)33-26(7,8)9)24(29)23(18-20(4)5)28(17-15-19(2)3)34(31,32)22-13-11-21(6)12-14-22/h10-14,19,23H,1,4,15-18H2,2-3,5-9H3/t23-/m0/s1.